The number of amides is 1. The number of aromatic carboxylic acids is 1. The van der Waals surface area contributed by atoms with Crippen LogP contribution in [0.25, 0.3) is 5.57 Å². The van der Waals surface area contributed by atoms with Crippen LogP contribution in [-0.2, 0) is 9.59 Å². The number of hydrogen-bond acceptors (Lipinski definition) is 3. The Kier molecular flexibility index (Phi) is 8.12. The predicted octanol–water partition coefficient (Wildman–Crippen LogP) is 8.85. The van der Waals surface area contributed by atoms with Crippen molar-refractivity contribution in [1.82, 2.24) is 5.32 Å². The van der Waals surface area contributed by atoms with Gasteiger partial charge in [-0.1, -0.05) is 73.1 Å². The number of fused-ring (bicyclic) bond motifs is 7. The monoisotopic (exact) mass is 631 g/mol. The number of benzene rings is 1. The van der Waals surface area contributed by atoms with E-state index in [0.717, 1.165) is 50.5 Å². The van der Waals surface area contributed by atoms with Crippen molar-refractivity contribution in [2.24, 2.45) is 56.7 Å². The Hall–Kier alpha value is -2.63. The van der Waals surface area contributed by atoms with Crippen LogP contribution in [0.5, 0.6) is 0 Å². The molecule has 3 N–H and O–H groups in total. The number of carboxylic acids is 2. The molecule has 5 aliphatic carbocycles. The number of allylic oxidation sites excluding steroid dienone is 2. The smallest absolute Gasteiger partial charge is 0.335 e. The lowest BCUT2D eigenvalue weighted by Gasteiger charge is -2.72. The topological polar surface area (TPSA) is 104 Å². The molecule has 6 nitrogen and oxygen atoms in total. The van der Waals surface area contributed by atoms with E-state index in [-0.39, 0.29) is 33.5 Å². The van der Waals surface area contributed by atoms with Crippen molar-refractivity contribution in [2.75, 3.05) is 0 Å². The quantitative estimate of drug-likeness (QED) is 0.279. The Labute approximate surface area is 276 Å². The van der Waals surface area contributed by atoms with Crippen LogP contribution in [0.4, 0.5) is 0 Å². The van der Waals surface area contributed by atoms with Gasteiger partial charge in [0, 0.05) is 0 Å². The molecular weight excluding hydrogens is 574 g/mol. The van der Waals surface area contributed by atoms with Crippen LogP contribution in [-0.4, -0.2) is 34.1 Å². The molecule has 0 unspecified atom stereocenters. The molecule has 1 amide bonds. The van der Waals surface area contributed by atoms with Gasteiger partial charge in [0.05, 0.1) is 11.0 Å². The summed E-state index contributed by atoms with van der Waals surface area (Å²) in [7, 11) is 0. The standard InChI is InChI=1S/C40H57NO5/c1-24(2)23-30(34(44)45)41-35(46)40-18-8-9-29(40)28-14-15-32-37(5)19-16-27(25-10-12-26(13-11-25)33(42)43)36(3,4)31(37)17-20-39(32,7)38(28,6)21-22-40/h10-13,16,24,28-32H,8-9,14-15,17-23H2,1-7H3,(H,41,46)(H,42,43)(H,44,45)/t28-,29-,30+,31+,32-,37+,38-,39-,40+/m1/s1. The average Bonchev–Trinajstić information content (AvgIpc) is 3.42. The SMILES string of the molecule is CC(C)C[C@H](NC(=O)[C@]12CCC[C@@H]1[C@H]1CC[C@@H]3[C@@]4(C)CC=C(c5ccc(C(=O)O)cc5)C(C)(C)[C@@H]4CC[C@@]3(C)[C@]1(C)CC2)C(=O)O. The highest BCUT2D eigenvalue weighted by Gasteiger charge is 2.70. The number of aliphatic carboxylic acids is 1. The van der Waals surface area contributed by atoms with Crippen molar-refractivity contribution in [3.05, 3.63) is 41.5 Å². The van der Waals surface area contributed by atoms with Gasteiger partial charge in [-0.2, -0.15) is 0 Å². The van der Waals surface area contributed by atoms with Crippen molar-refractivity contribution in [1.29, 1.82) is 0 Å². The minimum absolute atomic E-state index is 0.0103. The van der Waals surface area contributed by atoms with Gasteiger partial charge in [0.15, 0.2) is 0 Å². The van der Waals surface area contributed by atoms with Crippen LogP contribution in [0.3, 0.4) is 0 Å². The van der Waals surface area contributed by atoms with Crippen LogP contribution in [0.2, 0.25) is 0 Å². The number of hydrogen-bond donors (Lipinski definition) is 3. The van der Waals surface area contributed by atoms with E-state index in [0.29, 0.717) is 35.7 Å². The molecular formula is C40H57NO5. The van der Waals surface area contributed by atoms with Crippen LogP contribution >= 0.6 is 0 Å². The Morgan fingerprint density at radius 3 is 2.15 bits per heavy atom. The van der Waals surface area contributed by atoms with Crippen LogP contribution in [0.15, 0.2) is 30.3 Å². The van der Waals surface area contributed by atoms with Crippen molar-refractivity contribution >= 4 is 23.4 Å². The zero-order valence-corrected chi connectivity index (χ0v) is 29.2. The van der Waals surface area contributed by atoms with Crippen molar-refractivity contribution in [3.8, 4) is 0 Å². The fraction of sp³-hybridized carbons (Fsp3) is 0.725. The third kappa shape index (κ3) is 4.73. The lowest BCUT2D eigenvalue weighted by Crippen LogP contribution is -2.66. The zero-order valence-electron chi connectivity index (χ0n) is 29.2. The van der Waals surface area contributed by atoms with Crippen molar-refractivity contribution in [2.45, 2.75) is 125 Å². The molecule has 0 heterocycles. The van der Waals surface area contributed by atoms with E-state index in [9.17, 15) is 24.6 Å². The molecule has 9 atom stereocenters. The molecule has 5 aliphatic rings. The summed E-state index contributed by atoms with van der Waals surface area (Å²) < 4.78 is 0. The Balaban J connectivity index is 1.28. The van der Waals surface area contributed by atoms with Crippen LogP contribution < -0.4 is 5.32 Å². The summed E-state index contributed by atoms with van der Waals surface area (Å²) in [6.07, 6.45) is 13.6. The molecule has 0 bridgehead atoms. The summed E-state index contributed by atoms with van der Waals surface area (Å²) in [4.78, 5) is 37.7. The summed E-state index contributed by atoms with van der Waals surface area (Å²) in [6, 6.07) is 6.64. The number of carbonyl (C=O) groups excluding carboxylic acids is 1. The first-order valence-electron chi connectivity index (χ1n) is 18.1. The first kappa shape index (κ1) is 33.3. The van der Waals surface area contributed by atoms with Crippen molar-refractivity contribution < 1.29 is 24.6 Å². The van der Waals surface area contributed by atoms with Gasteiger partial charge < -0.3 is 15.5 Å². The van der Waals surface area contributed by atoms with E-state index in [1.54, 1.807) is 12.1 Å². The second-order valence-corrected chi connectivity index (χ2v) is 17.7. The third-order valence-electron chi connectivity index (χ3n) is 15.1. The zero-order chi connectivity index (χ0) is 33.4. The highest BCUT2D eigenvalue weighted by atomic mass is 16.4. The molecule has 46 heavy (non-hydrogen) atoms. The van der Waals surface area contributed by atoms with Crippen molar-refractivity contribution in [3.63, 3.8) is 0 Å². The minimum atomic E-state index is -0.920. The van der Waals surface area contributed by atoms with E-state index >= 15 is 0 Å². The molecule has 0 aliphatic heterocycles. The number of nitrogens with one attached hydrogen (secondary N) is 1. The maximum Gasteiger partial charge on any atom is 0.335 e. The molecule has 4 fully saturated rings. The molecule has 0 spiro atoms. The number of rotatable bonds is 7. The van der Waals surface area contributed by atoms with E-state index in [2.05, 4.69) is 46.0 Å². The normalized spacial score (nSPS) is 40.0. The van der Waals surface area contributed by atoms with Crippen LogP contribution in [0, 0.1) is 56.7 Å². The molecule has 0 aromatic heterocycles. The summed E-state index contributed by atoms with van der Waals surface area (Å²) in [5.74, 6) is 0.342. The largest absolute Gasteiger partial charge is 0.480 e. The van der Waals surface area contributed by atoms with E-state index in [1.165, 1.54) is 24.8 Å². The predicted molar refractivity (Wildman–Crippen MR) is 181 cm³/mol. The van der Waals surface area contributed by atoms with Gasteiger partial charge in [0.1, 0.15) is 6.04 Å². The molecule has 0 radical (unpaired) electrons. The Bertz CT molecular complexity index is 1430. The fourth-order valence-corrected chi connectivity index (χ4v) is 12.8. The van der Waals surface area contributed by atoms with Gasteiger partial charge in [-0.05, 0) is 139 Å². The summed E-state index contributed by atoms with van der Waals surface area (Å²) in [6.45, 7) is 16.6. The first-order valence-corrected chi connectivity index (χ1v) is 18.1. The molecule has 252 valence electrons. The lowest BCUT2D eigenvalue weighted by molar-refractivity contribution is -0.222. The maximum atomic E-state index is 14.1. The Morgan fingerprint density at radius 1 is 0.826 bits per heavy atom. The molecule has 1 aromatic carbocycles. The second kappa shape index (κ2) is 11.2. The number of carboxylic acid groups (broad SMARTS) is 2. The molecule has 1 aromatic rings. The van der Waals surface area contributed by atoms with Gasteiger partial charge in [-0.25, -0.2) is 9.59 Å². The summed E-state index contributed by atoms with van der Waals surface area (Å²) >= 11 is 0. The average molecular weight is 632 g/mol. The summed E-state index contributed by atoms with van der Waals surface area (Å²) in [5.41, 5.74) is 2.86. The lowest BCUT2D eigenvalue weighted by atomic mass is 9.32. The highest BCUT2D eigenvalue weighted by Crippen LogP contribution is 2.77. The molecule has 4 saturated carbocycles. The second-order valence-electron chi connectivity index (χ2n) is 17.7. The van der Waals surface area contributed by atoms with E-state index in [1.807, 2.05) is 26.0 Å². The number of carbonyl (C=O) groups is 3. The highest BCUT2D eigenvalue weighted by molar-refractivity contribution is 5.89. The third-order valence-corrected chi connectivity index (χ3v) is 15.1. The van der Waals surface area contributed by atoms with E-state index < -0.39 is 23.4 Å². The molecule has 6 heteroatoms. The maximum absolute atomic E-state index is 14.1. The Morgan fingerprint density at radius 2 is 1.52 bits per heavy atom. The van der Waals surface area contributed by atoms with Gasteiger partial charge in [-0.15, -0.1) is 0 Å². The van der Waals surface area contributed by atoms with Gasteiger partial charge in [-0.3, -0.25) is 4.79 Å². The first-order chi connectivity index (χ1) is 21.5. The minimum Gasteiger partial charge on any atom is -0.480 e. The van der Waals surface area contributed by atoms with Gasteiger partial charge in [0.25, 0.3) is 0 Å². The van der Waals surface area contributed by atoms with Gasteiger partial charge >= 0.3 is 11.9 Å². The van der Waals surface area contributed by atoms with E-state index in [4.69, 9.17) is 0 Å². The van der Waals surface area contributed by atoms with Crippen LogP contribution in [0.1, 0.15) is 135 Å². The molecule has 6 rings (SSSR count). The fourth-order valence-electron chi connectivity index (χ4n) is 12.8. The van der Waals surface area contributed by atoms with Gasteiger partial charge in [0.2, 0.25) is 5.91 Å². The molecule has 0 saturated heterocycles. The summed E-state index contributed by atoms with van der Waals surface area (Å²) in [5, 5.41) is 22.4.